The summed E-state index contributed by atoms with van der Waals surface area (Å²) < 4.78 is 15.9. The third kappa shape index (κ3) is 3.05. The van der Waals surface area contributed by atoms with Crippen LogP contribution >= 0.6 is 0 Å². The van der Waals surface area contributed by atoms with Crippen molar-refractivity contribution in [1.29, 1.82) is 0 Å². The van der Waals surface area contributed by atoms with Crippen LogP contribution in [0.1, 0.15) is 5.56 Å². The number of hydrogen-bond donors (Lipinski definition) is 0. The zero-order valence-electron chi connectivity index (χ0n) is 11.5. The van der Waals surface area contributed by atoms with E-state index in [0.717, 1.165) is 22.4 Å². The van der Waals surface area contributed by atoms with Crippen LogP contribution < -0.4 is 15.1 Å². The molecule has 2 aromatic carbocycles. The van der Waals surface area contributed by atoms with Crippen molar-refractivity contribution in [2.75, 3.05) is 7.11 Å². The predicted octanol–water partition coefficient (Wildman–Crippen LogP) is 3.38. The second-order valence-corrected chi connectivity index (χ2v) is 4.59. The lowest BCUT2D eigenvalue weighted by Gasteiger charge is -2.07. The van der Waals surface area contributed by atoms with Crippen LogP contribution in [0.15, 0.2) is 63.8 Å². The lowest BCUT2D eigenvalue weighted by molar-refractivity contribution is 0.306. The Morgan fingerprint density at radius 3 is 2.48 bits per heavy atom. The number of rotatable bonds is 4. The highest BCUT2D eigenvalue weighted by atomic mass is 16.5. The van der Waals surface area contributed by atoms with E-state index < -0.39 is 0 Å². The number of fused-ring (bicyclic) bond motifs is 1. The van der Waals surface area contributed by atoms with E-state index in [4.69, 9.17) is 13.9 Å². The Bertz CT molecular complexity index is 803. The van der Waals surface area contributed by atoms with Crippen LogP contribution in [0.4, 0.5) is 0 Å². The molecule has 3 aromatic rings. The molecule has 1 aromatic heterocycles. The molecule has 4 nitrogen and oxygen atoms in total. The van der Waals surface area contributed by atoms with Crippen molar-refractivity contribution >= 4 is 11.0 Å². The van der Waals surface area contributed by atoms with Gasteiger partial charge in [-0.05, 0) is 42.0 Å². The van der Waals surface area contributed by atoms with Crippen LogP contribution in [0, 0.1) is 0 Å². The first kappa shape index (κ1) is 13.2. The quantitative estimate of drug-likeness (QED) is 0.688. The summed E-state index contributed by atoms with van der Waals surface area (Å²) in [6, 6.07) is 16.2. The van der Waals surface area contributed by atoms with Gasteiger partial charge in [-0.15, -0.1) is 0 Å². The van der Waals surface area contributed by atoms with Crippen molar-refractivity contribution in [3.63, 3.8) is 0 Å². The van der Waals surface area contributed by atoms with Crippen molar-refractivity contribution in [3.8, 4) is 11.5 Å². The molecule has 1 heterocycles. The molecule has 0 N–H and O–H groups in total. The first-order chi connectivity index (χ1) is 10.2. The molecule has 0 spiro atoms. The molecule has 0 amide bonds. The van der Waals surface area contributed by atoms with Gasteiger partial charge in [0.1, 0.15) is 23.7 Å². The van der Waals surface area contributed by atoms with Gasteiger partial charge in [0.2, 0.25) is 0 Å². The lowest BCUT2D eigenvalue weighted by Crippen LogP contribution is -1.97. The molecule has 0 atom stereocenters. The Labute approximate surface area is 121 Å². The molecule has 0 unspecified atom stereocenters. The fraction of sp³-hybridized carbons (Fsp3) is 0.118. The second kappa shape index (κ2) is 5.71. The Morgan fingerprint density at radius 2 is 1.71 bits per heavy atom. The van der Waals surface area contributed by atoms with Crippen molar-refractivity contribution in [3.05, 3.63) is 70.6 Å². The molecular formula is C17H14O4. The van der Waals surface area contributed by atoms with Gasteiger partial charge in [-0.3, -0.25) is 0 Å². The third-order valence-corrected chi connectivity index (χ3v) is 3.16. The summed E-state index contributed by atoms with van der Waals surface area (Å²) in [4.78, 5) is 11.1. The van der Waals surface area contributed by atoms with Crippen LogP contribution in [0.5, 0.6) is 11.5 Å². The molecule has 21 heavy (non-hydrogen) atoms. The van der Waals surface area contributed by atoms with Crippen LogP contribution in [-0.2, 0) is 6.61 Å². The van der Waals surface area contributed by atoms with E-state index in [2.05, 4.69) is 0 Å². The van der Waals surface area contributed by atoms with Crippen LogP contribution in [0.3, 0.4) is 0 Å². The summed E-state index contributed by atoms with van der Waals surface area (Å²) in [5, 5.41) is 0.835. The molecule has 0 aliphatic carbocycles. The minimum atomic E-state index is -0.352. The van der Waals surface area contributed by atoms with Gasteiger partial charge in [-0.25, -0.2) is 4.79 Å². The summed E-state index contributed by atoms with van der Waals surface area (Å²) in [5.41, 5.74) is 1.25. The van der Waals surface area contributed by atoms with E-state index in [1.54, 1.807) is 25.3 Å². The molecule has 3 rings (SSSR count). The Balaban J connectivity index is 1.75. The van der Waals surface area contributed by atoms with E-state index in [1.807, 2.05) is 30.3 Å². The maximum atomic E-state index is 11.1. The molecular weight excluding hydrogens is 268 g/mol. The predicted molar refractivity (Wildman–Crippen MR) is 79.8 cm³/mol. The fourth-order valence-corrected chi connectivity index (χ4v) is 2.03. The maximum absolute atomic E-state index is 11.1. The number of hydrogen-bond acceptors (Lipinski definition) is 4. The Kier molecular flexibility index (Phi) is 3.60. The van der Waals surface area contributed by atoms with E-state index in [0.29, 0.717) is 12.2 Å². The molecule has 106 valence electrons. The molecule has 0 aliphatic heterocycles. The largest absolute Gasteiger partial charge is 0.497 e. The van der Waals surface area contributed by atoms with Gasteiger partial charge in [0.05, 0.1) is 7.11 Å². The monoisotopic (exact) mass is 282 g/mol. The van der Waals surface area contributed by atoms with Crippen LogP contribution in [0.25, 0.3) is 11.0 Å². The van der Waals surface area contributed by atoms with Gasteiger partial charge in [-0.1, -0.05) is 12.1 Å². The molecule has 0 fully saturated rings. The molecule has 0 bridgehead atoms. The minimum Gasteiger partial charge on any atom is -0.497 e. The van der Waals surface area contributed by atoms with Gasteiger partial charge >= 0.3 is 5.63 Å². The summed E-state index contributed by atoms with van der Waals surface area (Å²) in [7, 11) is 1.64. The zero-order valence-corrected chi connectivity index (χ0v) is 11.5. The van der Waals surface area contributed by atoms with E-state index in [9.17, 15) is 4.79 Å². The van der Waals surface area contributed by atoms with Crippen LogP contribution in [0.2, 0.25) is 0 Å². The highest BCUT2D eigenvalue weighted by molar-refractivity contribution is 5.77. The summed E-state index contributed by atoms with van der Waals surface area (Å²) >= 11 is 0. The molecule has 4 heteroatoms. The van der Waals surface area contributed by atoms with Gasteiger partial charge in [0, 0.05) is 11.5 Å². The Hall–Kier alpha value is -2.75. The normalized spacial score (nSPS) is 10.5. The summed E-state index contributed by atoms with van der Waals surface area (Å²) in [5.74, 6) is 1.55. The average molecular weight is 282 g/mol. The highest BCUT2D eigenvalue weighted by Gasteiger charge is 2.01. The van der Waals surface area contributed by atoms with Crippen molar-refractivity contribution in [1.82, 2.24) is 0 Å². The van der Waals surface area contributed by atoms with E-state index in [1.165, 1.54) is 6.07 Å². The zero-order chi connectivity index (χ0) is 14.7. The van der Waals surface area contributed by atoms with Gasteiger partial charge < -0.3 is 13.9 Å². The first-order valence-corrected chi connectivity index (χ1v) is 6.54. The van der Waals surface area contributed by atoms with Crippen molar-refractivity contribution < 1.29 is 13.9 Å². The molecule has 0 aliphatic rings. The summed E-state index contributed by atoms with van der Waals surface area (Å²) in [6.45, 7) is 0.465. The smallest absolute Gasteiger partial charge is 0.336 e. The number of methoxy groups -OCH3 is 1. The number of ether oxygens (including phenoxy) is 2. The average Bonchev–Trinajstić information content (AvgIpc) is 2.53. The number of benzene rings is 2. The Morgan fingerprint density at radius 1 is 0.952 bits per heavy atom. The lowest BCUT2D eigenvalue weighted by atomic mass is 10.2. The minimum absolute atomic E-state index is 0.352. The molecule has 0 saturated heterocycles. The maximum Gasteiger partial charge on any atom is 0.336 e. The second-order valence-electron chi connectivity index (χ2n) is 4.59. The van der Waals surface area contributed by atoms with Crippen LogP contribution in [-0.4, -0.2) is 7.11 Å². The topological polar surface area (TPSA) is 48.7 Å². The summed E-state index contributed by atoms with van der Waals surface area (Å²) in [6.07, 6.45) is 0. The fourth-order valence-electron chi connectivity index (χ4n) is 2.03. The third-order valence-electron chi connectivity index (χ3n) is 3.16. The van der Waals surface area contributed by atoms with Crippen molar-refractivity contribution in [2.24, 2.45) is 0 Å². The van der Waals surface area contributed by atoms with Crippen molar-refractivity contribution in [2.45, 2.75) is 6.61 Å². The van der Waals surface area contributed by atoms with Gasteiger partial charge in [-0.2, -0.15) is 0 Å². The van der Waals surface area contributed by atoms with E-state index >= 15 is 0 Å². The van der Waals surface area contributed by atoms with E-state index in [-0.39, 0.29) is 5.63 Å². The highest BCUT2D eigenvalue weighted by Crippen LogP contribution is 2.21. The molecule has 0 radical (unpaired) electrons. The SMILES string of the molecule is COc1ccc(COc2ccc3oc(=O)ccc3c2)cc1. The standard InChI is InChI=1S/C17H14O4/c1-19-14-5-2-12(3-6-14)11-20-15-7-8-16-13(10-15)4-9-17(18)21-16/h2-10H,11H2,1H3. The van der Waals surface area contributed by atoms with Gasteiger partial charge in [0.25, 0.3) is 0 Å². The molecule has 0 saturated carbocycles. The first-order valence-electron chi connectivity index (χ1n) is 6.54. The van der Waals surface area contributed by atoms with Gasteiger partial charge in [0.15, 0.2) is 0 Å².